The Balaban J connectivity index is 1.88. The van der Waals surface area contributed by atoms with E-state index in [4.69, 9.17) is 21.1 Å². The quantitative estimate of drug-likeness (QED) is 0.808. The number of aromatic nitrogens is 1. The first-order chi connectivity index (χ1) is 12.8. The van der Waals surface area contributed by atoms with E-state index in [9.17, 15) is 9.47 Å². The number of rotatable bonds is 5. The molecule has 3 rings (SSSR count). The van der Waals surface area contributed by atoms with Gasteiger partial charge in [-0.1, -0.05) is 11.6 Å². The van der Waals surface area contributed by atoms with Crippen molar-refractivity contribution in [2.24, 2.45) is 5.92 Å². The molecular weight excluding hydrogens is 384 g/mol. The monoisotopic (exact) mass is 406 g/mol. The van der Waals surface area contributed by atoms with Crippen LogP contribution in [0.3, 0.4) is 0 Å². The van der Waals surface area contributed by atoms with Crippen LogP contribution in [0.4, 0.5) is 5.69 Å². The summed E-state index contributed by atoms with van der Waals surface area (Å²) < 4.78 is 24.5. The van der Waals surface area contributed by atoms with Crippen LogP contribution in [0, 0.1) is 22.0 Å². The minimum Gasteiger partial charge on any atom is -0.495 e. The number of hydrogen-bond donors (Lipinski definition) is 1. The first-order valence-corrected chi connectivity index (χ1v) is 11.4. The van der Waals surface area contributed by atoms with Crippen LogP contribution in [0.15, 0.2) is 18.3 Å². The number of ether oxygens (including phenoxy) is 1. The van der Waals surface area contributed by atoms with Crippen molar-refractivity contribution < 1.29 is 8.95 Å². The molecule has 1 unspecified atom stereocenters. The molecule has 1 N–H and O–H groups in total. The molecule has 1 saturated heterocycles. The van der Waals surface area contributed by atoms with Gasteiger partial charge in [-0.2, -0.15) is 5.26 Å². The molecule has 1 atom stereocenters. The van der Waals surface area contributed by atoms with Crippen LogP contribution in [0.5, 0.6) is 5.75 Å². The van der Waals surface area contributed by atoms with E-state index in [-0.39, 0.29) is 0 Å². The fraction of sp³-hybridized carbons (Fsp3) is 0.474. The summed E-state index contributed by atoms with van der Waals surface area (Å²) in [6.07, 6.45) is 5.83. The second kappa shape index (κ2) is 7.91. The zero-order chi connectivity index (χ0) is 19.6. The van der Waals surface area contributed by atoms with E-state index in [0.717, 1.165) is 48.9 Å². The number of pyridine rings is 1. The third-order valence-corrected chi connectivity index (χ3v) is 6.39. The molecule has 6 nitrogen and oxygen atoms in total. The maximum atomic E-state index is 11.6. The smallest absolute Gasteiger partial charge is 0.139 e. The van der Waals surface area contributed by atoms with Crippen LogP contribution in [-0.2, 0) is 9.73 Å². The van der Waals surface area contributed by atoms with Crippen molar-refractivity contribution in [3.8, 4) is 11.8 Å². The van der Waals surface area contributed by atoms with Crippen LogP contribution >= 0.6 is 11.6 Å². The van der Waals surface area contributed by atoms with Gasteiger partial charge < -0.3 is 9.64 Å². The fourth-order valence-corrected chi connectivity index (χ4v) is 4.62. The molecule has 2 heterocycles. The van der Waals surface area contributed by atoms with Crippen molar-refractivity contribution >= 4 is 37.9 Å². The highest BCUT2D eigenvalue weighted by Gasteiger charge is 2.24. The lowest BCUT2D eigenvalue weighted by Crippen LogP contribution is -2.34. The Morgan fingerprint density at radius 2 is 2.15 bits per heavy atom. The number of benzene rings is 1. The molecule has 0 saturated carbocycles. The summed E-state index contributed by atoms with van der Waals surface area (Å²) in [5.74, 6) is 1.48. The third kappa shape index (κ3) is 4.45. The van der Waals surface area contributed by atoms with Gasteiger partial charge in [0.2, 0.25) is 0 Å². The van der Waals surface area contributed by atoms with E-state index >= 15 is 0 Å². The van der Waals surface area contributed by atoms with Crippen molar-refractivity contribution in [3.63, 3.8) is 0 Å². The fourth-order valence-electron chi connectivity index (χ4n) is 3.60. The summed E-state index contributed by atoms with van der Waals surface area (Å²) >= 11 is 6.32. The summed E-state index contributed by atoms with van der Waals surface area (Å²) in [5.41, 5.74) is 2.14. The number of fused-ring (bicyclic) bond motifs is 1. The van der Waals surface area contributed by atoms with E-state index in [1.807, 2.05) is 6.07 Å². The minimum atomic E-state index is -2.43. The summed E-state index contributed by atoms with van der Waals surface area (Å²) in [6, 6.07) is 5.86. The third-order valence-electron chi connectivity index (χ3n) is 5.08. The van der Waals surface area contributed by atoms with Crippen molar-refractivity contribution in [1.82, 2.24) is 4.98 Å². The largest absolute Gasteiger partial charge is 0.495 e. The van der Waals surface area contributed by atoms with Crippen LogP contribution in [-0.4, -0.2) is 41.4 Å². The molecule has 27 heavy (non-hydrogen) atoms. The number of nitriles is 1. The van der Waals surface area contributed by atoms with Gasteiger partial charge in [0.15, 0.2) is 0 Å². The Labute approximate surface area is 165 Å². The molecule has 0 aliphatic carbocycles. The number of hydrogen-bond acceptors (Lipinski definition) is 6. The summed E-state index contributed by atoms with van der Waals surface area (Å²) in [4.78, 5) is 6.60. The molecule has 8 heteroatoms. The van der Waals surface area contributed by atoms with Gasteiger partial charge in [-0.3, -0.25) is 14.0 Å². The van der Waals surface area contributed by atoms with Crippen LogP contribution in [0.1, 0.15) is 24.8 Å². The molecule has 2 aromatic rings. The van der Waals surface area contributed by atoms with E-state index < -0.39 is 9.73 Å². The molecular formula is C19H23ClN4O2S. The van der Waals surface area contributed by atoms with E-state index in [1.165, 1.54) is 6.26 Å². The molecule has 1 aromatic heterocycles. The maximum absolute atomic E-state index is 11.6. The topological polar surface area (TPSA) is 90.1 Å². The lowest BCUT2D eigenvalue weighted by Gasteiger charge is -2.34. The van der Waals surface area contributed by atoms with Crippen LogP contribution in [0.2, 0.25) is 5.02 Å². The maximum Gasteiger partial charge on any atom is 0.139 e. The lowest BCUT2D eigenvalue weighted by atomic mass is 9.93. The Kier molecular flexibility index (Phi) is 5.78. The normalized spacial score (nSPS) is 17.5. The number of nitrogens with zero attached hydrogens (tertiary/aromatic N) is 3. The number of methoxy groups -OCH3 is 1. The lowest BCUT2D eigenvalue weighted by molar-refractivity contribution is 0.396. The Hall–Kier alpha value is -2.04. The van der Waals surface area contributed by atoms with Crippen molar-refractivity contribution in [2.45, 2.75) is 19.3 Å². The second-order valence-electron chi connectivity index (χ2n) is 7.06. The Morgan fingerprint density at radius 1 is 1.44 bits per heavy atom. The highest BCUT2D eigenvalue weighted by molar-refractivity contribution is 7.91. The zero-order valence-corrected chi connectivity index (χ0v) is 17.1. The molecule has 1 aliphatic rings. The number of nitrogens with one attached hydrogen (secondary N) is 1. The Bertz CT molecular complexity index is 993. The van der Waals surface area contributed by atoms with Gasteiger partial charge in [-0.05, 0) is 31.2 Å². The molecule has 1 aliphatic heterocycles. The molecule has 0 amide bonds. The predicted octanol–water partition coefficient (Wildman–Crippen LogP) is 4.05. The summed E-state index contributed by atoms with van der Waals surface area (Å²) in [7, 11) is -0.868. The molecule has 144 valence electrons. The van der Waals surface area contributed by atoms with Crippen LogP contribution < -0.4 is 9.64 Å². The van der Waals surface area contributed by atoms with E-state index in [0.29, 0.717) is 28.0 Å². The van der Waals surface area contributed by atoms with Crippen molar-refractivity contribution in [1.29, 1.82) is 10.0 Å². The average molecular weight is 407 g/mol. The highest BCUT2D eigenvalue weighted by atomic mass is 35.5. The molecule has 1 aromatic carbocycles. The van der Waals surface area contributed by atoms with Crippen molar-refractivity contribution in [3.05, 3.63) is 28.9 Å². The second-order valence-corrected chi connectivity index (χ2v) is 9.89. The van der Waals surface area contributed by atoms with Gasteiger partial charge in [-0.15, -0.1) is 0 Å². The minimum absolute atomic E-state index is 0.453. The molecule has 0 spiro atoms. The van der Waals surface area contributed by atoms with Gasteiger partial charge in [0, 0.05) is 52.5 Å². The molecule has 1 fully saturated rings. The SMILES string of the molecule is COc1cc2ncc(C#N)c(N3CCC(CCS(C)(=N)=O)CC3)c2cc1Cl. The van der Waals surface area contributed by atoms with Crippen molar-refractivity contribution in [2.75, 3.05) is 37.1 Å². The predicted molar refractivity (Wildman–Crippen MR) is 109 cm³/mol. The first kappa shape index (κ1) is 19.7. The van der Waals surface area contributed by atoms with E-state index in [1.54, 1.807) is 19.4 Å². The standard InChI is InChI=1S/C19H23ClN4O2S/c1-26-18-10-17-15(9-16(18)20)19(14(11-21)12-23-17)24-6-3-13(4-7-24)5-8-27(2,22)25/h9-10,12-13,22H,3-8H2,1-2H3. The zero-order valence-electron chi connectivity index (χ0n) is 15.5. The molecule has 0 radical (unpaired) electrons. The molecule has 0 bridgehead atoms. The number of piperidine rings is 1. The summed E-state index contributed by atoms with van der Waals surface area (Å²) in [5, 5.41) is 10.9. The van der Waals surface area contributed by atoms with Crippen LogP contribution in [0.25, 0.3) is 10.9 Å². The average Bonchev–Trinajstić information content (AvgIpc) is 2.65. The van der Waals surface area contributed by atoms with E-state index in [2.05, 4.69) is 16.0 Å². The number of halogens is 1. The first-order valence-electron chi connectivity index (χ1n) is 8.85. The van der Waals surface area contributed by atoms with Gasteiger partial charge in [0.25, 0.3) is 0 Å². The van der Waals surface area contributed by atoms with Gasteiger partial charge in [0.05, 0.1) is 28.9 Å². The van der Waals surface area contributed by atoms with Gasteiger partial charge in [-0.25, -0.2) is 0 Å². The number of anilines is 1. The Morgan fingerprint density at radius 3 is 2.74 bits per heavy atom. The van der Waals surface area contributed by atoms with Gasteiger partial charge in [0.1, 0.15) is 11.8 Å². The summed E-state index contributed by atoms with van der Waals surface area (Å²) in [6.45, 7) is 1.62. The highest BCUT2D eigenvalue weighted by Crippen LogP contribution is 2.37. The van der Waals surface area contributed by atoms with Gasteiger partial charge >= 0.3 is 0 Å².